The lowest BCUT2D eigenvalue weighted by molar-refractivity contribution is -0.118. The van der Waals surface area contributed by atoms with Gasteiger partial charge in [-0.1, -0.05) is 35.9 Å². The van der Waals surface area contributed by atoms with Gasteiger partial charge < -0.3 is 5.32 Å². The maximum absolute atomic E-state index is 12.0. The third kappa shape index (κ3) is 4.37. The summed E-state index contributed by atoms with van der Waals surface area (Å²) in [6, 6.07) is 15.3. The van der Waals surface area contributed by atoms with Crippen LogP contribution in [0.25, 0.3) is 5.69 Å². The van der Waals surface area contributed by atoms with Gasteiger partial charge in [-0.05, 0) is 29.8 Å². The second-order valence-corrected chi connectivity index (χ2v) is 6.43. The Labute approximate surface area is 149 Å². The first kappa shape index (κ1) is 16.5. The van der Waals surface area contributed by atoms with Crippen molar-refractivity contribution in [3.63, 3.8) is 0 Å². The molecule has 0 saturated heterocycles. The molecule has 1 heterocycles. The molecule has 3 aromatic rings. The number of nitrogens with zero attached hydrogens (tertiary/aromatic N) is 3. The predicted molar refractivity (Wildman–Crippen MR) is 95.4 cm³/mol. The fraction of sp³-hybridized carbons (Fsp3) is 0.118. The Morgan fingerprint density at radius 3 is 2.67 bits per heavy atom. The van der Waals surface area contributed by atoms with Gasteiger partial charge >= 0.3 is 0 Å². The number of nitrogens with one attached hydrogen (secondary N) is 1. The zero-order valence-corrected chi connectivity index (χ0v) is 14.3. The molecule has 24 heavy (non-hydrogen) atoms. The van der Waals surface area contributed by atoms with Crippen molar-refractivity contribution >= 4 is 29.3 Å². The highest BCUT2D eigenvalue weighted by Crippen LogP contribution is 2.26. The molecule has 2 aromatic carbocycles. The second kappa shape index (κ2) is 7.99. The molecule has 0 fully saturated rings. The molecule has 1 aromatic heterocycles. The minimum absolute atomic E-state index is 0.0275. The van der Waals surface area contributed by atoms with Gasteiger partial charge in [0.05, 0.1) is 16.5 Å². The van der Waals surface area contributed by atoms with Gasteiger partial charge in [-0.3, -0.25) is 4.79 Å². The Balaban J connectivity index is 1.48. The summed E-state index contributed by atoms with van der Waals surface area (Å²) in [7, 11) is 0. The quantitative estimate of drug-likeness (QED) is 0.687. The number of hydrogen-bond acceptors (Lipinski definition) is 4. The molecule has 122 valence electrons. The molecule has 0 spiro atoms. The third-order valence-corrected chi connectivity index (χ3v) is 4.82. The van der Waals surface area contributed by atoms with Crippen molar-refractivity contribution in [3.05, 3.63) is 71.8 Å². The molecule has 0 atom stereocenters. The summed E-state index contributed by atoms with van der Waals surface area (Å²) in [6.45, 7) is 0.486. The first-order valence-corrected chi connectivity index (χ1v) is 8.67. The Kier molecular flexibility index (Phi) is 5.51. The van der Waals surface area contributed by atoms with E-state index >= 15 is 0 Å². The number of amides is 1. The van der Waals surface area contributed by atoms with Crippen LogP contribution in [0.3, 0.4) is 0 Å². The molecule has 0 aliphatic heterocycles. The molecule has 0 aliphatic rings. The summed E-state index contributed by atoms with van der Waals surface area (Å²) in [4.78, 5) is 16.8. The summed E-state index contributed by atoms with van der Waals surface area (Å²) >= 11 is 7.50. The minimum Gasteiger partial charge on any atom is -0.351 e. The molecule has 0 radical (unpaired) electrons. The van der Waals surface area contributed by atoms with Crippen LogP contribution in [0.5, 0.6) is 0 Å². The molecular weight excluding hydrogens is 344 g/mol. The highest BCUT2D eigenvalue weighted by Gasteiger charge is 2.05. The van der Waals surface area contributed by atoms with Crippen LogP contribution in [0.4, 0.5) is 0 Å². The summed E-state index contributed by atoms with van der Waals surface area (Å²) in [5.74, 6) is 0.307. The van der Waals surface area contributed by atoms with Gasteiger partial charge in [0.15, 0.2) is 0 Å². The molecular formula is C17H15ClN4OS. The van der Waals surface area contributed by atoms with Crippen molar-refractivity contribution in [2.45, 2.75) is 11.4 Å². The van der Waals surface area contributed by atoms with E-state index < -0.39 is 0 Å². The average Bonchev–Trinajstić information content (AvgIpc) is 3.14. The SMILES string of the molecule is O=C(CSc1ccccc1Cl)NCc1ccc(-n2cncn2)cc1. The molecule has 3 rings (SSSR count). The van der Waals surface area contributed by atoms with E-state index in [-0.39, 0.29) is 5.91 Å². The molecule has 7 heteroatoms. The number of aromatic nitrogens is 3. The summed E-state index contributed by atoms with van der Waals surface area (Å²) < 4.78 is 1.68. The molecule has 5 nitrogen and oxygen atoms in total. The zero-order valence-electron chi connectivity index (χ0n) is 12.7. The average molecular weight is 359 g/mol. The van der Waals surface area contributed by atoms with Crippen LogP contribution in [0.2, 0.25) is 5.02 Å². The van der Waals surface area contributed by atoms with Crippen molar-refractivity contribution in [2.75, 3.05) is 5.75 Å². The van der Waals surface area contributed by atoms with Crippen molar-refractivity contribution in [2.24, 2.45) is 0 Å². The number of thioether (sulfide) groups is 1. The van der Waals surface area contributed by atoms with E-state index in [9.17, 15) is 4.79 Å². The highest BCUT2D eigenvalue weighted by molar-refractivity contribution is 8.00. The summed E-state index contributed by atoms with van der Waals surface area (Å²) in [6.07, 6.45) is 3.13. The second-order valence-electron chi connectivity index (χ2n) is 5.00. The van der Waals surface area contributed by atoms with E-state index in [4.69, 9.17) is 11.6 Å². The van der Waals surface area contributed by atoms with Crippen molar-refractivity contribution in [1.29, 1.82) is 0 Å². The molecule has 0 aliphatic carbocycles. The van der Waals surface area contributed by atoms with Gasteiger partial charge in [0.1, 0.15) is 12.7 Å². The molecule has 0 bridgehead atoms. The Bertz CT molecular complexity index is 806. The maximum Gasteiger partial charge on any atom is 0.230 e. The van der Waals surface area contributed by atoms with Crippen molar-refractivity contribution in [3.8, 4) is 5.69 Å². The van der Waals surface area contributed by atoms with Gasteiger partial charge in [-0.25, -0.2) is 9.67 Å². The number of carbonyl (C=O) groups excluding carboxylic acids is 1. The lowest BCUT2D eigenvalue weighted by Gasteiger charge is -2.07. The van der Waals surface area contributed by atoms with Gasteiger partial charge in [0, 0.05) is 11.4 Å². The van der Waals surface area contributed by atoms with Crippen LogP contribution in [0.15, 0.2) is 66.1 Å². The number of halogens is 1. The zero-order chi connectivity index (χ0) is 16.8. The molecule has 0 saturated carbocycles. The Hall–Kier alpha value is -2.31. The van der Waals surface area contributed by atoms with Gasteiger partial charge in [-0.15, -0.1) is 11.8 Å². The minimum atomic E-state index is -0.0275. The van der Waals surface area contributed by atoms with Crippen LogP contribution < -0.4 is 5.32 Å². The molecule has 0 unspecified atom stereocenters. The number of benzene rings is 2. The van der Waals surface area contributed by atoms with E-state index in [0.29, 0.717) is 17.3 Å². The van der Waals surface area contributed by atoms with Crippen LogP contribution in [0.1, 0.15) is 5.56 Å². The third-order valence-electron chi connectivity index (χ3n) is 3.30. The topological polar surface area (TPSA) is 59.8 Å². The van der Waals surface area contributed by atoms with E-state index in [1.165, 1.54) is 18.1 Å². The van der Waals surface area contributed by atoms with Crippen LogP contribution in [0, 0.1) is 0 Å². The van der Waals surface area contributed by atoms with Crippen LogP contribution in [-0.4, -0.2) is 26.4 Å². The standard InChI is InChI=1S/C17H15ClN4OS/c18-15-3-1-2-4-16(15)24-10-17(23)20-9-13-5-7-14(8-6-13)22-12-19-11-21-22/h1-8,11-12H,9-10H2,(H,20,23). The van der Waals surface area contributed by atoms with Crippen LogP contribution >= 0.6 is 23.4 Å². The van der Waals surface area contributed by atoms with Gasteiger partial charge in [0.2, 0.25) is 5.91 Å². The normalized spacial score (nSPS) is 10.5. The van der Waals surface area contributed by atoms with Crippen molar-refractivity contribution in [1.82, 2.24) is 20.1 Å². The van der Waals surface area contributed by atoms with E-state index in [1.54, 1.807) is 11.0 Å². The fourth-order valence-corrected chi connectivity index (χ4v) is 3.13. The smallest absolute Gasteiger partial charge is 0.230 e. The number of carbonyl (C=O) groups is 1. The predicted octanol–water partition coefficient (Wildman–Crippen LogP) is 3.33. The lowest BCUT2D eigenvalue weighted by atomic mass is 10.2. The first-order valence-electron chi connectivity index (χ1n) is 7.30. The Morgan fingerprint density at radius 1 is 1.17 bits per heavy atom. The summed E-state index contributed by atoms with van der Waals surface area (Å²) in [5.41, 5.74) is 1.95. The maximum atomic E-state index is 12.0. The van der Waals surface area contributed by atoms with Crippen LogP contribution in [-0.2, 0) is 11.3 Å². The Morgan fingerprint density at radius 2 is 1.96 bits per heavy atom. The largest absolute Gasteiger partial charge is 0.351 e. The van der Waals surface area contributed by atoms with Gasteiger partial charge in [0.25, 0.3) is 0 Å². The number of hydrogen-bond donors (Lipinski definition) is 1. The van der Waals surface area contributed by atoms with E-state index in [0.717, 1.165) is 16.1 Å². The van der Waals surface area contributed by atoms with E-state index in [2.05, 4.69) is 15.4 Å². The lowest BCUT2D eigenvalue weighted by Crippen LogP contribution is -2.24. The molecule has 1 amide bonds. The first-order chi connectivity index (χ1) is 11.7. The highest BCUT2D eigenvalue weighted by atomic mass is 35.5. The summed E-state index contributed by atoms with van der Waals surface area (Å²) in [5, 5.41) is 7.64. The molecule has 1 N–H and O–H groups in total. The fourth-order valence-electron chi connectivity index (χ4n) is 2.06. The monoisotopic (exact) mass is 358 g/mol. The van der Waals surface area contributed by atoms with Crippen molar-refractivity contribution < 1.29 is 4.79 Å². The van der Waals surface area contributed by atoms with E-state index in [1.807, 2.05) is 48.5 Å². The van der Waals surface area contributed by atoms with Gasteiger partial charge in [-0.2, -0.15) is 5.10 Å². The number of rotatable bonds is 6.